The van der Waals surface area contributed by atoms with Gasteiger partial charge in [0.15, 0.2) is 10.8 Å². The minimum absolute atomic E-state index is 0.00455. The van der Waals surface area contributed by atoms with E-state index in [1.165, 1.54) is 33.3 Å². The van der Waals surface area contributed by atoms with E-state index in [1.54, 1.807) is 50.4 Å². The van der Waals surface area contributed by atoms with Crippen LogP contribution in [0.4, 0.5) is 26.2 Å². The van der Waals surface area contributed by atoms with Crippen molar-refractivity contribution in [3.63, 3.8) is 0 Å². The zero-order valence-corrected chi connectivity index (χ0v) is 63.6. The predicted molar refractivity (Wildman–Crippen MR) is 406 cm³/mol. The Hall–Kier alpha value is -9.16. The molecule has 4 bridgehead atoms. The monoisotopic (exact) mass is 1530 g/mol. The number of thiazole rings is 1. The second kappa shape index (κ2) is 34.6. The molecule has 5 heterocycles. The van der Waals surface area contributed by atoms with Crippen LogP contribution in [-0.2, 0) is 64.1 Å². The van der Waals surface area contributed by atoms with Gasteiger partial charge < -0.3 is 75.9 Å². The molecule has 2 aliphatic heterocycles. The van der Waals surface area contributed by atoms with Crippen molar-refractivity contribution in [1.29, 1.82) is 0 Å². The Kier molecular flexibility index (Phi) is 25.6. The van der Waals surface area contributed by atoms with Crippen molar-refractivity contribution in [2.75, 3.05) is 74.2 Å². The van der Waals surface area contributed by atoms with Crippen LogP contribution in [0.25, 0.3) is 21.3 Å². The smallest absolute Gasteiger partial charge is 0.410 e. The Bertz CT molecular complexity index is 4320. The van der Waals surface area contributed by atoms with E-state index in [2.05, 4.69) is 45.4 Å². The Morgan fingerprint density at radius 1 is 0.815 bits per heavy atom. The number of nitrogens with zero attached hydrogens (tertiary/aromatic N) is 7. The molecule has 12 rings (SSSR count). The average molecular weight is 1530 g/mol. The molecule has 0 spiro atoms. The Morgan fingerprint density at radius 3 is 2.30 bits per heavy atom. The van der Waals surface area contributed by atoms with Gasteiger partial charge in [-0.3, -0.25) is 38.5 Å². The molecule has 6 aliphatic rings. The SMILES string of the molecule is Cc1c(-c2ccc(N3CCc4cccc(C(=O)Nc5nc6ccccc6s5)c4C3)nc2C(=O)O)cnn1CC12CC3(C)CC(C)(C1)CC(OCCOCCN(CCCP(=O)(O)O)C(=O)OCc1ccc(NC(=O)[C@H](CCCCNC(N)=O)NC(=O)[C@@H](NC(=O)CCCCCN4C(=O)C=CC4O)C(C)C)cc1)(C3)C2. The summed E-state index contributed by atoms with van der Waals surface area (Å²) < 4.78 is 33.7. The second-order valence-corrected chi connectivity index (χ2v) is 33.6. The number of carbonyl (C=O) groups is 8. The minimum atomic E-state index is -4.39. The number of unbranched alkanes of at least 4 members (excludes halogenated alkanes) is 3. The van der Waals surface area contributed by atoms with Crippen molar-refractivity contribution in [2.24, 2.45) is 27.9 Å². The number of aliphatic hydroxyl groups excluding tert-OH is 1. The normalized spacial score (nSPS) is 21.2. The molecule has 3 aromatic heterocycles. The number of benzene rings is 3. The number of fused-ring (bicyclic) bond motifs is 2. The van der Waals surface area contributed by atoms with Crippen LogP contribution >= 0.6 is 18.9 Å². The maximum absolute atomic E-state index is 13.9. The van der Waals surface area contributed by atoms with Gasteiger partial charge in [-0.25, -0.2) is 24.4 Å². The number of carboxylic acids is 1. The van der Waals surface area contributed by atoms with Gasteiger partial charge in [0.2, 0.25) is 23.6 Å². The highest BCUT2D eigenvalue weighted by Crippen LogP contribution is 2.72. The Labute approximate surface area is 631 Å². The van der Waals surface area contributed by atoms with Crippen LogP contribution in [0.1, 0.15) is 161 Å². The van der Waals surface area contributed by atoms with Crippen LogP contribution in [0.15, 0.2) is 97.2 Å². The molecule has 4 fully saturated rings. The molecule has 11 N–H and O–H groups in total. The first-order valence-electron chi connectivity index (χ1n) is 37.1. The van der Waals surface area contributed by atoms with Gasteiger partial charge in [-0.05, 0) is 178 Å². The Balaban J connectivity index is 0.662. The van der Waals surface area contributed by atoms with E-state index in [1.807, 2.05) is 65.0 Å². The van der Waals surface area contributed by atoms with E-state index in [-0.39, 0.29) is 111 Å². The number of aliphatic hydroxyl groups is 1. The third kappa shape index (κ3) is 20.4. The van der Waals surface area contributed by atoms with Gasteiger partial charge in [0.05, 0.1) is 48.0 Å². The maximum Gasteiger partial charge on any atom is 0.410 e. The lowest BCUT2D eigenvalue weighted by molar-refractivity contribution is -0.250. The number of carboxylic acid groups (broad SMARTS) is 1. The molecule has 108 heavy (non-hydrogen) atoms. The number of hydrogen-bond acceptors (Lipinski definition) is 18. The molecule has 580 valence electrons. The van der Waals surface area contributed by atoms with E-state index in [9.17, 15) is 62.9 Å². The van der Waals surface area contributed by atoms with E-state index in [4.69, 9.17) is 30.0 Å². The topological polar surface area (TPSA) is 402 Å². The number of carbonyl (C=O) groups excluding carboxylic acids is 7. The third-order valence-electron chi connectivity index (χ3n) is 21.3. The van der Waals surface area contributed by atoms with Crippen LogP contribution in [-0.4, -0.2) is 180 Å². The number of rotatable bonds is 37. The van der Waals surface area contributed by atoms with Gasteiger partial charge >= 0.3 is 25.7 Å². The van der Waals surface area contributed by atoms with E-state index < -0.39 is 67.6 Å². The standard InChI is InChI=1S/C77H100N13O16PS/c1-49(2)65(85-62(91)20-7-6-12-32-89-63(92)27-28-64(89)93)69(96)82-59(18-10-11-30-79-71(78)99)68(95)81-53-23-21-51(22-24-53)41-105-73(100)87(31-14-38-107(101,102)103)34-35-104-36-37-106-77-45-74(4)42-75(5,46-77)44-76(43-74,47-77)48-90-50(3)56(39-80-90)54-25-26-61(84-66(54)70(97)98)88-33-29-52-15-13-16-55(57(52)40-88)67(94)86-72-83-58-17-8-9-19-60(58)108-72/h8-9,13,15-17,19,21-28,39,49,59,63,65,92H,6-7,10-12,14,18,20,29-38,40-48H2,1-5H3,(H,81,95)(H,82,96)(H,85,91)(H,97,98)(H3,78,79,99)(H,83,86,94)(H2,101,102,103)/t59-,63?,65-,74?,75?,76?,77?/m0/s1. The Morgan fingerprint density at radius 2 is 1.58 bits per heavy atom. The van der Waals surface area contributed by atoms with Crippen molar-refractivity contribution in [3.8, 4) is 11.1 Å². The van der Waals surface area contributed by atoms with Gasteiger partial charge in [-0.2, -0.15) is 5.10 Å². The van der Waals surface area contributed by atoms with Crippen LogP contribution in [0.5, 0.6) is 0 Å². The summed E-state index contributed by atoms with van der Waals surface area (Å²) in [4.78, 5) is 138. The minimum Gasteiger partial charge on any atom is -0.476 e. The molecule has 29 nitrogen and oxygen atoms in total. The first-order valence-corrected chi connectivity index (χ1v) is 39.8. The van der Waals surface area contributed by atoms with Gasteiger partial charge in [0, 0.05) is 86.4 Å². The number of para-hydroxylation sites is 1. The highest BCUT2D eigenvalue weighted by molar-refractivity contribution is 7.51. The van der Waals surface area contributed by atoms with Gasteiger partial charge in [0.25, 0.3) is 5.91 Å². The number of ether oxygens (including phenoxy) is 3. The lowest BCUT2D eigenvalue weighted by Gasteiger charge is -2.69. The molecule has 6 aromatic rings. The third-order valence-corrected chi connectivity index (χ3v) is 23.1. The summed E-state index contributed by atoms with van der Waals surface area (Å²) in [6, 6.07) is 20.8. The first-order chi connectivity index (χ1) is 51.5. The number of nitrogens with one attached hydrogen (secondary N) is 5. The van der Waals surface area contributed by atoms with E-state index >= 15 is 0 Å². The predicted octanol–water partition coefficient (Wildman–Crippen LogP) is 9.42. The van der Waals surface area contributed by atoms with Crippen LogP contribution in [0.3, 0.4) is 0 Å². The summed E-state index contributed by atoms with van der Waals surface area (Å²) in [5, 5.41) is 40.1. The molecule has 5 atom stereocenters. The van der Waals surface area contributed by atoms with E-state index in [0.717, 1.165) is 65.6 Å². The molecule has 4 saturated carbocycles. The average Bonchev–Trinajstić information content (AvgIpc) is 0.850. The number of nitrogens with two attached hydrogens (primary N) is 1. The van der Waals surface area contributed by atoms with Crippen molar-refractivity contribution >= 4 is 93.4 Å². The van der Waals surface area contributed by atoms with Crippen molar-refractivity contribution in [1.82, 2.24) is 45.5 Å². The number of aromatic carboxylic acids is 1. The number of anilines is 3. The van der Waals surface area contributed by atoms with Crippen LogP contribution < -0.4 is 37.2 Å². The van der Waals surface area contributed by atoms with Gasteiger partial charge in [-0.15, -0.1) is 0 Å². The fraction of sp³-hybridized carbons (Fsp3) is 0.519. The van der Waals surface area contributed by atoms with Crippen molar-refractivity contribution < 1.29 is 77.1 Å². The largest absolute Gasteiger partial charge is 0.476 e. The van der Waals surface area contributed by atoms with Gasteiger partial charge in [-0.1, -0.05) is 81.9 Å². The summed E-state index contributed by atoms with van der Waals surface area (Å²) in [6.07, 6.45) is 11.3. The number of hydrogen-bond donors (Lipinski definition) is 10. The molecule has 3 unspecified atom stereocenters. The summed E-state index contributed by atoms with van der Waals surface area (Å²) in [7, 11) is -4.39. The number of primary amides is 1. The molecule has 3 aromatic carbocycles. The number of urea groups is 1. The summed E-state index contributed by atoms with van der Waals surface area (Å²) in [6.45, 7) is 12.7. The van der Waals surface area contributed by atoms with Crippen LogP contribution in [0.2, 0.25) is 0 Å². The first kappa shape index (κ1) is 79.9. The highest BCUT2D eigenvalue weighted by atomic mass is 32.1. The molecule has 31 heteroatoms. The molecular weight excluding hydrogens is 1430 g/mol. The molecular formula is C77H100N13O16PS. The number of pyridine rings is 1. The zero-order valence-electron chi connectivity index (χ0n) is 61.9. The fourth-order valence-corrected chi connectivity index (χ4v) is 18.8. The quantitative estimate of drug-likeness (QED) is 0.0128. The number of aromatic nitrogens is 4. The lowest BCUT2D eigenvalue weighted by Crippen LogP contribution is -2.64. The highest BCUT2D eigenvalue weighted by Gasteiger charge is 2.66. The lowest BCUT2D eigenvalue weighted by atomic mass is 9.39. The molecule has 8 amide bonds. The van der Waals surface area contributed by atoms with Crippen LogP contribution in [0, 0.1) is 29.1 Å². The zero-order chi connectivity index (χ0) is 77.1. The van der Waals surface area contributed by atoms with Gasteiger partial charge in [0.1, 0.15) is 30.7 Å². The van der Waals surface area contributed by atoms with E-state index in [0.29, 0.717) is 104 Å². The summed E-state index contributed by atoms with van der Waals surface area (Å²) >= 11 is 1.41. The van der Waals surface area contributed by atoms with Crippen molar-refractivity contribution in [3.05, 3.63) is 131 Å². The maximum atomic E-state index is 13.9. The summed E-state index contributed by atoms with van der Waals surface area (Å²) in [5.74, 6) is -3.05. The van der Waals surface area contributed by atoms with Crippen molar-refractivity contribution in [2.45, 2.75) is 175 Å². The summed E-state index contributed by atoms with van der Waals surface area (Å²) in [5.41, 5.74) is 10.6. The molecule has 4 aliphatic carbocycles. The second-order valence-electron chi connectivity index (χ2n) is 30.8. The molecule has 0 saturated heterocycles. The molecule has 0 radical (unpaired) electrons. The fourth-order valence-electron chi connectivity index (χ4n) is 17.4. The number of amides is 8.